The minimum absolute atomic E-state index is 0.159. The van der Waals surface area contributed by atoms with E-state index in [1.54, 1.807) is 18.2 Å². The van der Waals surface area contributed by atoms with Gasteiger partial charge >= 0.3 is 5.97 Å². The molecule has 0 N–H and O–H groups in total. The van der Waals surface area contributed by atoms with E-state index < -0.39 is 12.4 Å². The summed E-state index contributed by atoms with van der Waals surface area (Å²) < 4.78 is 16.3. The van der Waals surface area contributed by atoms with Gasteiger partial charge in [-0.2, -0.15) is 0 Å². The Kier molecular flexibility index (Phi) is 5.08. The molecule has 24 heavy (non-hydrogen) atoms. The molecule has 4 heteroatoms. The van der Waals surface area contributed by atoms with Gasteiger partial charge in [0.1, 0.15) is 0 Å². The first-order valence-corrected chi connectivity index (χ1v) is 7.88. The molecule has 0 bridgehead atoms. The molecule has 3 atom stereocenters. The van der Waals surface area contributed by atoms with Gasteiger partial charge in [-0.15, -0.1) is 6.58 Å². The van der Waals surface area contributed by atoms with E-state index in [4.69, 9.17) is 14.2 Å². The van der Waals surface area contributed by atoms with Crippen molar-refractivity contribution < 1.29 is 19.0 Å². The van der Waals surface area contributed by atoms with Gasteiger partial charge in [-0.1, -0.05) is 48.5 Å². The van der Waals surface area contributed by atoms with Crippen molar-refractivity contribution in [1.82, 2.24) is 0 Å². The van der Waals surface area contributed by atoms with E-state index >= 15 is 0 Å². The van der Waals surface area contributed by atoms with Crippen LogP contribution in [0.2, 0.25) is 0 Å². The molecule has 1 aliphatic heterocycles. The summed E-state index contributed by atoms with van der Waals surface area (Å²) in [5.41, 5.74) is 2.67. The summed E-state index contributed by atoms with van der Waals surface area (Å²) in [5.74, 6) is -0.380. The summed E-state index contributed by atoms with van der Waals surface area (Å²) in [4.78, 5) is 12.3. The van der Waals surface area contributed by atoms with Crippen LogP contribution in [0.15, 0.2) is 67.3 Å². The molecule has 1 fully saturated rings. The topological polar surface area (TPSA) is 44.8 Å². The fourth-order valence-corrected chi connectivity index (χ4v) is 2.75. The SMILES string of the molecule is C=CC1CC(OC(=O)c2ccc(-c3ccccc3)cc2)C(OC)O1. The minimum atomic E-state index is -0.555. The summed E-state index contributed by atoms with van der Waals surface area (Å²) in [5, 5.41) is 0. The van der Waals surface area contributed by atoms with Gasteiger partial charge in [-0.25, -0.2) is 4.79 Å². The summed E-state index contributed by atoms with van der Waals surface area (Å²) in [6.45, 7) is 3.70. The second-order valence-corrected chi connectivity index (χ2v) is 5.64. The average Bonchev–Trinajstić information content (AvgIpc) is 3.04. The number of ether oxygens (including phenoxy) is 3. The van der Waals surface area contributed by atoms with E-state index in [-0.39, 0.29) is 12.1 Å². The maximum atomic E-state index is 12.3. The zero-order valence-electron chi connectivity index (χ0n) is 13.6. The Morgan fingerprint density at radius 1 is 1.12 bits per heavy atom. The van der Waals surface area contributed by atoms with Gasteiger partial charge < -0.3 is 14.2 Å². The van der Waals surface area contributed by atoms with Crippen molar-refractivity contribution in [2.45, 2.75) is 24.9 Å². The van der Waals surface area contributed by atoms with Gasteiger partial charge in [-0.3, -0.25) is 0 Å². The number of rotatable bonds is 5. The van der Waals surface area contributed by atoms with Gasteiger partial charge in [0, 0.05) is 13.5 Å². The van der Waals surface area contributed by atoms with Crippen molar-refractivity contribution in [2.24, 2.45) is 0 Å². The van der Waals surface area contributed by atoms with Crippen LogP contribution in [0.5, 0.6) is 0 Å². The van der Waals surface area contributed by atoms with E-state index in [0.717, 1.165) is 11.1 Å². The number of carbonyl (C=O) groups excluding carboxylic acids is 1. The van der Waals surface area contributed by atoms with Crippen LogP contribution in [-0.2, 0) is 14.2 Å². The van der Waals surface area contributed by atoms with Crippen LogP contribution in [0.4, 0.5) is 0 Å². The molecule has 2 aromatic carbocycles. The number of hydrogen-bond donors (Lipinski definition) is 0. The lowest BCUT2D eigenvalue weighted by atomic mass is 10.0. The molecule has 0 saturated carbocycles. The number of carbonyl (C=O) groups is 1. The number of esters is 1. The lowest BCUT2D eigenvalue weighted by molar-refractivity contribution is -0.143. The van der Waals surface area contributed by atoms with Crippen LogP contribution >= 0.6 is 0 Å². The Morgan fingerprint density at radius 2 is 1.79 bits per heavy atom. The molecule has 1 aliphatic rings. The third kappa shape index (κ3) is 3.55. The predicted octanol–water partition coefficient (Wildman–Crippen LogP) is 3.83. The van der Waals surface area contributed by atoms with E-state index in [2.05, 4.69) is 6.58 Å². The van der Waals surface area contributed by atoms with Crippen molar-refractivity contribution in [1.29, 1.82) is 0 Å². The zero-order chi connectivity index (χ0) is 16.9. The highest BCUT2D eigenvalue weighted by Crippen LogP contribution is 2.26. The summed E-state index contributed by atoms with van der Waals surface area (Å²) in [6.07, 6.45) is 1.10. The molecule has 3 rings (SSSR count). The van der Waals surface area contributed by atoms with Crippen LogP contribution in [0.25, 0.3) is 11.1 Å². The van der Waals surface area contributed by atoms with Gasteiger partial charge in [-0.05, 0) is 23.3 Å². The maximum Gasteiger partial charge on any atom is 0.338 e. The first-order valence-electron chi connectivity index (χ1n) is 7.88. The van der Waals surface area contributed by atoms with Gasteiger partial charge in [0.15, 0.2) is 12.4 Å². The Bertz CT molecular complexity index is 693. The third-order valence-electron chi connectivity index (χ3n) is 4.06. The Balaban J connectivity index is 1.68. The molecular weight excluding hydrogens is 304 g/mol. The van der Waals surface area contributed by atoms with E-state index in [1.165, 1.54) is 7.11 Å². The number of hydrogen-bond acceptors (Lipinski definition) is 4. The van der Waals surface area contributed by atoms with Crippen molar-refractivity contribution in [3.8, 4) is 11.1 Å². The van der Waals surface area contributed by atoms with Gasteiger partial charge in [0.2, 0.25) is 0 Å². The summed E-state index contributed by atoms with van der Waals surface area (Å²) in [7, 11) is 1.53. The monoisotopic (exact) mass is 324 g/mol. The summed E-state index contributed by atoms with van der Waals surface area (Å²) >= 11 is 0. The highest BCUT2D eigenvalue weighted by Gasteiger charge is 2.37. The first kappa shape index (κ1) is 16.4. The van der Waals surface area contributed by atoms with Crippen LogP contribution in [0, 0.1) is 0 Å². The zero-order valence-corrected chi connectivity index (χ0v) is 13.6. The number of benzene rings is 2. The standard InChI is InChI=1S/C20H20O4/c1-3-17-13-18(20(22-2)23-17)24-19(21)16-11-9-15(10-12-16)14-7-5-4-6-8-14/h3-12,17-18,20H,1,13H2,2H3. The molecule has 0 aromatic heterocycles. The van der Waals surface area contributed by atoms with Crippen LogP contribution in [0.1, 0.15) is 16.8 Å². The average molecular weight is 324 g/mol. The Hall–Kier alpha value is -2.43. The first-order chi connectivity index (χ1) is 11.7. The van der Waals surface area contributed by atoms with Gasteiger partial charge in [0.25, 0.3) is 0 Å². The van der Waals surface area contributed by atoms with Crippen molar-refractivity contribution in [2.75, 3.05) is 7.11 Å². The molecule has 1 heterocycles. The van der Waals surface area contributed by atoms with Crippen LogP contribution < -0.4 is 0 Å². The quantitative estimate of drug-likeness (QED) is 0.619. The third-order valence-corrected chi connectivity index (χ3v) is 4.06. The van der Waals surface area contributed by atoms with E-state index in [9.17, 15) is 4.79 Å². The Labute approximate surface area is 141 Å². The summed E-state index contributed by atoms with van der Waals surface area (Å²) in [6, 6.07) is 17.4. The second-order valence-electron chi connectivity index (χ2n) is 5.64. The molecule has 2 aromatic rings. The van der Waals surface area contributed by atoms with Crippen molar-refractivity contribution >= 4 is 5.97 Å². The van der Waals surface area contributed by atoms with Gasteiger partial charge in [0.05, 0.1) is 11.7 Å². The van der Waals surface area contributed by atoms with E-state index in [0.29, 0.717) is 12.0 Å². The van der Waals surface area contributed by atoms with Crippen LogP contribution in [-0.4, -0.2) is 31.6 Å². The lowest BCUT2D eigenvalue weighted by Gasteiger charge is -2.17. The predicted molar refractivity (Wildman–Crippen MR) is 91.6 cm³/mol. The molecule has 0 spiro atoms. The maximum absolute atomic E-state index is 12.3. The molecule has 0 radical (unpaired) electrons. The molecule has 1 saturated heterocycles. The van der Waals surface area contributed by atoms with Crippen LogP contribution in [0.3, 0.4) is 0 Å². The molecule has 124 valence electrons. The second kappa shape index (κ2) is 7.43. The van der Waals surface area contributed by atoms with Crippen molar-refractivity contribution in [3.05, 3.63) is 72.8 Å². The fourth-order valence-electron chi connectivity index (χ4n) is 2.75. The largest absolute Gasteiger partial charge is 0.453 e. The normalized spacial score (nSPS) is 23.0. The molecule has 4 nitrogen and oxygen atoms in total. The number of methoxy groups -OCH3 is 1. The fraction of sp³-hybridized carbons (Fsp3) is 0.250. The minimum Gasteiger partial charge on any atom is -0.453 e. The van der Waals surface area contributed by atoms with Crippen molar-refractivity contribution in [3.63, 3.8) is 0 Å². The highest BCUT2D eigenvalue weighted by atomic mass is 16.7. The molecule has 0 amide bonds. The molecule has 0 aliphatic carbocycles. The lowest BCUT2D eigenvalue weighted by Crippen LogP contribution is -2.28. The molecular formula is C20H20O4. The smallest absolute Gasteiger partial charge is 0.338 e. The Morgan fingerprint density at radius 3 is 2.42 bits per heavy atom. The van der Waals surface area contributed by atoms with E-state index in [1.807, 2.05) is 42.5 Å². The highest BCUT2D eigenvalue weighted by molar-refractivity contribution is 5.90. The molecule has 3 unspecified atom stereocenters.